The van der Waals surface area contributed by atoms with Crippen LogP contribution in [0, 0.1) is 5.82 Å². The van der Waals surface area contributed by atoms with Crippen LogP contribution in [0.2, 0.25) is 0 Å². The minimum Gasteiger partial charge on any atom is -0.478 e. The van der Waals surface area contributed by atoms with Gasteiger partial charge in [-0.2, -0.15) is 0 Å². The van der Waals surface area contributed by atoms with E-state index < -0.39 is 11.8 Å². The summed E-state index contributed by atoms with van der Waals surface area (Å²) in [6, 6.07) is 3.42. The number of carboxylic acid groups (broad SMARTS) is 1. The lowest BCUT2D eigenvalue weighted by Crippen LogP contribution is -2.20. The summed E-state index contributed by atoms with van der Waals surface area (Å²) in [4.78, 5) is 26.8. The van der Waals surface area contributed by atoms with Crippen LogP contribution in [-0.4, -0.2) is 20.6 Å². The lowest BCUT2D eigenvalue weighted by Gasteiger charge is -2.06. The number of aromatic carboxylic acids is 1. The number of carbonyl (C=O) groups is 1. The molecular formula is C13H11FN2O3S. The van der Waals surface area contributed by atoms with Crippen molar-refractivity contribution in [2.75, 3.05) is 0 Å². The van der Waals surface area contributed by atoms with E-state index in [0.29, 0.717) is 6.54 Å². The van der Waals surface area contributed by atoms with Crippen molar-refractivity contribution < 1.29 is 14.3 Å². The average molecular weight is 294 g/mol. The smallest absolute Gasteiger partial charge is 0.335 e. The number of carboxylic acids is 1. The Morgan fingerprint density at radius 3 is 2.90 bits per heavy atom. The van der Waals surface area contributed by atoms with Crippen LogP contribution in [-0.2, 0) is 6.54 Å². The van der Waals surface area contributed by atoms with Crippen molar-refractivity contribution in [1.29, 1.82) is 0 Å². The number of aryl methyl sites for hydroxylation is 1. The summed E-state index contributed by atoms with van der Waals surface area (Å²) in [7, 11) is 0. The highest BCUT2D eigenvalue weighted by atomic mass is 32.2. The fourth-order valence-corrected chi connectivity index (χ4v) is 2.44. The lowest BCUT2D eigenvalue weighted by atomic mass is 10.2. The maximum Gasteiger partial charge on any atom is 0.335 e. The van der Waals surface area contributed by atoms with E-state index in [0.717, 1.165) is 17.8 Å². The van der Waals surface area contributed by atoms with Crippen LogP contribution in [0.4, 0.5) is 4.39 Å². The highest BCUT2D eigenvalue weighted by Crippen LogP contribution is 2.27. The summed E-state index contributed by atoms with van der Waals surface area (Å²) >= 11 is 0.819. The molecule has 5 nitrogen and oxygen atoms in total. The Morgan fingerprint density at radius 1 is 1.50 bits per heavy atom. The van der Waals surface area contributed by atoms with Gasteiger partial charge in [0, 0.05) is 18.9 Å². The summed E-state index contributed by atoms with van der Waals surface area (Å²) in [5.41, 5.74) is -0.374. The predicted molar refractivity (Wildman–Crippen MR) is 71.7 cm³/mol. The van der Waals surface area contributed by atoms with Gasteiger partial charge < -0.3 is 9.67 Å². The summed E-state index contributed by atoms with van der Waals surface area (Å²) in [6.45, 7) is 2.29. The van der Waals surface area contributed by atoms with Crippen molar-refractivity contribution >= 4 is 17.7 Å². The topological polar surface area (TPSA) is 72.2 Å². The van der Waals surface area contributed by atoms with Crippen molar-refractivity contribution in [1.82, 2.24) is 9.55 Å². The molecule has 104 valence electrons. The van der Waals surface area contributed by atoms with E-state index in [1.54, 1.807) is 0 Å². The second-order valence-electron chi connectivity index (χ2n) is 3.88. The molecule has 0 saturated heterocycles. The summed E-state index contributed by atoms with van der Waals surface area (Å²) in [6.07, 6.45) is 2.99. The zero-order valence-corrected chi connectivity index (χ0v) is 11.4. The molecule has 1 N–H and O–H groups in total. The molecule has 0 unspecified atom stereocenters. The maximum absolute atomic E-state index is 13.7. The fourth-order valence-electron chi connectivity index (χ4n) is 1.57. The molecule has 0 atom stereocenters. The van der Waals surface area contributed by atoms with Crippen molar-refractivity contribution in [3.63, 3.8) is 0 Å². The normalized spacial score (nSPS) is 10.5. The van der Waals surface area contributed by atoms with Gasteiger partial charge in [-0.15, -0.1) is 0 Å². The van der Waals surface area contributed by atoms with Crippen LogP contribution < -0.4 is 5.56 Å². The maximum atomic E-state index is 13.7. The first-order valence-corrected chi connectivity index (χ1v) is 6.60. The highest BCUT2D eigenvalue weighted by molar-refractivity contribution is 7.99. The van der Waals surface area contributed by atoms with Crippen LogP contribution in [0.1, 0.15) is 17.3 Å². The van der Waals surface area contributed by atoms with E-state index in [9.17, 15) is 14.0 Å². The first-order chi connectivity index (χ1) is 9.52. The van der Waals surface area contributed by atoms with Gasteiger partial charge in [0.1, 0.15) is 5.82 Å². The SMILES string of the molecule is CCn1ccnc(Sc2cc(C(=O)O)ccc2F)c1=O. The summed E-state index contributed by atoms with van der Waals surface area (Å²) in [5, 5.41) is 9.00. The number of nitrogens with zero attached hydrogens (tertiary/aromatic N) is 2. The van der Waals surface area contributed by atoms with Crippen molar-refractivity contribution in [2.24, 2.45) is 0 Å². The van der Waals surface area contributed by atoms with Gasteiger partial charge in [-0.25, -0.2) is 14.2 Å². The third kappa shape index (κ3) is 2.88. The molecule has 0 aliphatic carbocycles. The molecular weight excluding hydrogens is 283 g/mol. The van der Waals surface area contributed by atoms with Gasteiger partial charge in [-0.3, -0.25) is 4.79 Å². The second kappa shape index (κ2) is 5.87. The standard InChI is InChI=1S/C13H11FN2O3S/c1-2-16-6-5-15-11(12(16)17)20-10-7-8(13(18)19)3-4-9(10)14/h3-7H,2H2,1H3,(H,18,19). The Balaban J connectivity index is 2.42. The van der Waals surface area contributed by atoms with E-state index in [1.165, 1.54) is 29.1 Å². The van der Waals surface area contributed by atoms with Gasteiger partial charge in [0.15, 0.2) is 5.03 Å². The number of benzene rings is 1. The van der Waals surface area contributed by atoms with Crippen molar-refractivity contribution in [3.8, 4) is 0 Å². The number of halogens is 1. The molecule has 0 fully saturated rings. The molecule has 0 amide bonds. The molecule has 2 rings (SSSR count). The Kier molecular flexibility index (Phi) is 4.19. The second-order valence-corrected chi connectivity index (χ2v) is 4.91. The van der Waals surface area contributed by atoms with Gasteiger partial charge in [-0.1, -0.05) is 11.8 Å². The molecule has 0 saturated carbocycles. The van der Waals surface area contributed by atoms with Gasteiger partial charge in [-0.05, 0) is 25.1 Å². The Hall–Kier alpha value is -2.15. The van der Waals surface area contributed by atoms with Crippen LogP contribution in [0.25, 0.3) is 0 Å². The van der Waals surface area contributed by atoms with Gasteiger partial charge >= 0.3 is 5.97 Å². The van der Waals surface area contributed by atoms with Crippen LogP contribution in [0.3, 0.4) is 0 Å². The highest BCUT2D eigenvalue weighted by Gasteiger charge is 2.13. The van der Waals surface area contributed by atoms with E-state index in [4.69, 9.17) is 5.11 Å². The molecule has 1 aromatic heterocycles. The quantitative estimate of drug-likeness (QED) is 0.936. The van der Waals surface area contributed by atoms with Crippen molar-refractivity contribution in [2.45, 2.75) is 23.4 Å². The van der Waals surface area contributed by atoms with Crippen LogP contribution in [0.5, 0.6) is 0 Å². The summed E-state index contributed by atoms with van der Waals surface area (Å²) in [5.74, 6) is -1.74. The molecule has 0 aliphatic heterocycles. The van der Waals surface area contributed by atoms with E-state index in [1.807, 2.05) is 6.92 Å². The molecule has 1 heterocycles. The Morgan fingerprint density at radius 2 is 2.25 bits per heavy atom. The van der Waals surface area contributed by atoms with Crippen LogP contribution >= 0.6 is 11.8 Å². The monoisotopic (exact) mass is 294 g/mol. The largest absolute Gasteiger partial charge is 0.478 e. The van der Waals surface area contributed by atoms with Gasteiger partial charge in [0.05, 0.1) is 10.5 Å². The molecule has 0 aliphatic rings. The van der Waals surface area contributed by atoms with Crippen LogP contribution in [0.15, 0.2) is 45.3 Å². The van der Waals surface area contributed by atoms with Gasteiger partial charge in [0.2, 0.25) is 0 Å². The molecule has 2 aromatic rings. The third-order valence-corrected chi connectivity index (χ3v) is 3.61. The van der Waals surface area contributed by atoms with E-state index >= 15 is 0 Å². The van der Waals surface area contributed by atoms with Crippen molar-refractivity contribution in [3.05, 3.63) is 52.3 Å². The molecule has 0 radical (unpaired) electrons. The molecule has 0 bridgehead atoms. The number of hydrogen-bond acceptors (Lipinski definition) is 4. The average Bonchev–Trinajstić information content (AvgIpc) is 2.43. The molecule has 1 aromatic carbocycles. The number of aromatic nitrogens is 2. The lowest BCUT2D eigenvalue weighted by molar-refractivity contribution is 0.0696. The minimum atomic E-state index is -1.15. The molecule has 20 heavy (non-hydrogen) atoms. The third-order valence-electron chi connectivity index (χ3n) is 2.61. The minimum absolute atomic E-state index is 0.0411. The summed E-state index contributed by atoms with van der Waals surface area (Å²) < 4.78 is 15.1. The first-order valence-electron chi connectivity index (χ1n) is 5.79. The number of rotatable bonds is 4. The Bertz CT molecular complexity index is 715. The first kappa shape index (κ1) is 14.3. The fraction of sp³-hybridized carbons (Fsp3) is 0.154. The van der Waals surface area contributed by atoms with E-state index in [2.05, 4.69) is 4.98 Å². The zero-order valence-electron chi connectivity index (χ0n) is 10.5. The number of hydrogen-bond donors (Lipinski definition) is 1. The molecule has 7 heteroatoms. The Labute approximate surface area is 118 Å². The predicted octanol–water partition coefficient (Wildman–Crippen LogP) is 2.25. The zero-order chi connectivity index (χ0) is 14.7. The van der Waals surface area contributed by atoms with E-state index in [-0.39, 0.29) is 21.0 Å². The van der Waals surface area contributed by atoms with Gasteiger partial charge in [0.25, 0.3) is 5.56 Å². The molecule has 0 spiro atoms.